The van der Waals surface area contributed by atoms with Crippen LogP contribution in [0.4, 0.5) is 34.1 Å². The van der Waals surface area contributed by atoms with Gasteiger partial charge in [-0.05, 0) is 95.7 Å². The molecule has 0 radical (unpaired) electrons. The molecule has 0 atom stereocenters. The lowest BCUT2D eigenvalue weighted by molar-refractivity contribution is 0.624. The van der Waals surface area contributed by atoms with Crippen LogP contribution in [0.25, 0.3) is 71.2 Å². The first-order valence-corrected chi connectivity index (χ1v) is 18.6. The number of hydrogen-bond donors (Lipinski definition) is 0. The van der Waals surface area contributed by atoms with Crippen LogP contribution >= 0.6 is 0 Å². The van der Waals surface area contributed by atoms with E-state index in [0.29, 0.717) is 0 Å². The van der Waals surface area contributed by atoms with Gasteiger partial charge in [0.15, 0.2) is 0 Å². The van der Waals surface area contributed by atoms with Gasteiger partial charge < -0.3 is 18.6 Å². The van der Waals surface area contributed by atoms with Gasteiger partial charge in [0.1, 0.15) is 11.2 Å². The number of benzene rings is 8. The highest BCUT2D eigenvalue weighted by Crippen LogP contribution is 2.48. The van der Waals surface area contributed by atoms with Crippen molar-refractivity contribution in [2.24, 2.45) is 0 Å². The quantitative estimate of drug-likeness (QED) is 0.173. The third kappa shape index (κ3) is 4.41. The fourth-order valence-corrected chi connectivity index (χ4v) is 8.69. The molecule has 8 aromatic carbocycles. The molecule has 0 aliphatic carbocycles. The molecule has 0 aliphatic heterocycles. The fourth-order valence-electron chi connectivity index (χ4n) is 8.69. The van der Waals surface area contributed by atoms with Crippen molar-refractivity contribution in [1.82, 2.24) is 4.40 Å². The van der Waals surface area contributed by atoms with Crippen molar-refractivity contribution in [1.29, 1.82) is 0 Å². The molecule has 0 bridgehead atoms. The van der Waals surface area contributed by atoms with Crippen LogP contribution in [0.3, 0.4) is 0 Å². The minimum absolute atomic E-state index is 0.798. The highest BCUT2D eigenvalue weighted by Gasteiger charge is 2.26. The van der Waals surface area contributed by atoms with Crippen molar-refractivity contribution < 1.29 is 8.83 Å². The molecule has 0 aliphatic rings. The summed E-state index contributed by atoms with van der Waals surface area (Å²) >= 11 is 0. The van der Waals surface area contributed by atoms with Crippen LogP contribution in [0.2, 0.25) is 0 Å². The maximum atomic E-state index is 6.88. The summed E-state index contributed by atoms with van der Waals surface area (Å²) in [6.45, 7) is 0. The zero-order valence-electron chi connectivity index (χ0n) is 29.6. The maximum absolute atomic E-state index is 6.88. The lowest BCUT2D eigenvalue weighted by Crippen LogP contribution is -2.09. The first-order valence-electron chi connectivity index (χ1n) is 18.6. The molecule has 0 fully saturated rings. The largest absolute Gasteiger partial charge is 0.439 e. The highest BCUT2D eigenvalue weighted by atomic mass is 16.4. The summed E-state index contributed by atoms with van der Waals surface area (Å²) in [5, 5.41) is 9.00. The molecular weight excluding hydrogens is 675 g/mol. The van der Waals surface area contributed by atoms with Crippen molar-refractivity contribution in [3.8, 4) is 0 Å². The van der Waals surface area contributed by atoms with Gasteiger partial charge in [-0.2, -0.15) is 0 Å². The smallest absolute Gasteiger partial charge is 0.216 e. The average molecular weight is 706 g/mol. The van der Waals surface area contributed by atoms with Gasteiger partial charge in [-0.1, -0.05) is 97.1 Å². The molecule has 12 aromatic rings. The van der Waals surface area contributed by atoms with Crippen LogP contribution in [0.5, 0.6) is 0 Å². The van der Waals surface area contributed by atoms with E-state index in [-0.39, 0.29) is 0 Å². The summed E-state index contributed by atoms with van der Waals surface area (Å²) in [5.74, 6) is 0. The highest BCUT2D eigenvalue weighted by molar-refractivity contribution is 6.31. The second kappa shape index (κ2) is 11.5. The Kier molecular flexibility index (Phi) is 6.27. The molecule has 258 valence electrons. The predicted molar refractivity (Wildman–Crippen MR) is 228 cm³/mol. The molecule has 0 N–H and O–H groups in total. The molecule has 0 saturated heterocycles. The number of fused-ring (bicyclic) bond motifs is 11. The Labute approximate surface area is 315 Å². The van der Waals surface area contributed by atoms with Crippen molar-refractivity contribution in [2.75, 3.05) is 9.80 Å². The lowest BCUT2D eigenvalue weighted by Gasteiger charge is -2.25. The normalized spacial score (nSPS) is 12.0. The Morgan fingerprint density at radius 3 is 1.35 bits per heavy atom. The van der Waals surface area contributed by atoms with Gasteiger partial charge in [-0.25, -0.2) is 4.40 Å². The van der Waals surface area contributed by atoms with Gasteiger partial charge in [0.25, 0.3) is 0 Å². The number of para-hydroxylation sites is 5. The summed E-state index contributed by atoms with van der Waals surface area (Å²) in [6.07, 6.45) is 0. The first kappa shape index (κ1) is 30.0. The van der Waals surface area contributed by atoms with Gasteiger partial charge in [0, 0.05) is 61.7 Å². The van der Waals surface area contributed by atoms with E-state index in [1.807, 2.05) is 12.1 Å². The molecule has 4 heterocycles. The van der Waals surface area contributed by atoms with E-state index in [1.165, 1.54) is 0 Å². The Morgan fingerprint density at radius 2 is 0.800 bits per heavy atom. The minimum atomic E-state index is 0.798. The Balaban J connectivity index is 1.05. The summed E-state index contributed by atoms with van der Waals surface area (Å²) in [4.78, 5) is 4.56. The maximum Gasteiger partial charge on any atom is 0.216 e. The molecule has 5 nitrogen and oxygen atoms in total. The van der Waals surface area contributed by atoms with Crippen molar-refractivity contribution >= 4 is 105 Å². The van der Waals surface area contributed by atoms with Crippen LogP contribution < -0.4 is 9.80 Å². The molecule has 12 rings (SSSR count). The Morgan fingerprint density at radius 1 is 0.327 bits per heavy atom. The SMILES string of the molecule is c1ccc(N(c2ccccc2)c2ccc3cc4c(cc3c2)oc2c4c3cccc4c5c6ccc(N(c7ccccc7)c7ccccc7)cc6oc5n2c43)cc1. The summed E-state index contributed by atoms with van der Waals surface area (Å²) in [6, 6.07) is 66.2. The van der Waals surface area contributed by atoms with Gasteiger partial charge in [0.2, 0.25) is 11.4 Å². The Hall–Kier alpha value is -7.50. The van der Waals surface area contributed by atoms with Crippen molar-refractivity contribution in [2.45, 2.75) is 0 Å². The fraction of sp³-hybridized carbons (Fsp3) is 0. The number of anilines is 6. The zero-order valence-corrected chi connectivity index (χ0v) is 29.6. The molecule has 55 heavy (non-hydrogen) atoms. The van der Waals surface area contributed by atoms with E-state index in [4.69, 9.17) is 8.83 Å². The van der Waals surface area contributed by atoms with Crippen LogP contribution in [-0.2, 0) is 0 Å². The third-order valence-corrected chi connectivity index (χ3v) is 11.0. The number of nitrogens with zero attached hydrogens (tertiary/aromatic N) is 3. The van der Waals surface area contributed by atoms with Crippen LogP contribution in [0.1, 0.15) is 0 Å². The molecule has 4 aromatic heterocycles. The lowest BCUT2D eigenvalue weighted by atomic mass is 10.0. The average Bonchev–Trinajstić information content (AvgIpc) is 3.97. The summed E-state index contributed by atoms with van der Waals surface area (Å²) in [5.41, 5.74) is 10.9. The summed E-state index contributed by atoms with van der Waals surface area (Å²) in [7, 11) is 0. The second-order valence-corrected chi connectivity index (χ2v) is 14.2. The van der Waals surface area contributed by atoms with Crippen LogP contribution in [0.15, 0.2) is 197 Å². The summed E-state index contributed by atoms with van der Waals surface area (Å²) < 4.78 is 16.0. The first-order chi connectivity index (χ1) is 27.3. The van der Waals surface area contributed by atoms with Gasteiger partial charge >= 0.3 is 0 Å². The molecule has 0 spiro atoms. The van der Waals surface area contributed by atoms with E-state index < -0.39 is 0 Å². The molecular formula is C50H31N3O2. The van der Waals surface area contributed by atoms with Gasteiger partial charge in [-0.15, -0.1) is 0 Å². The van der Waals surface area contributed by atoms with Crippen LogP contribution in [-0.4, -0.2) is 4.40 Å². The van der Waals surface area contributed by atoms with E-state index in [9.17, 15) is 0 Å². The van der Waals surface area contributed by atoms with Crippen molar-refractivity contribution in [3.05, 3.63) is 188 Å². The minimum Gasteiger partial charge on any atom is -0.439 e. The van der Waals surface area contributed by atoms with Crippen molar-refractivity contribution in [3.63, 3.8) is 0 Å². The van der Waals surface area contributed by atoms with E-state index in [0.717, 1.165) is 105 Å². The number of furan rings is 2. The van der Waals surface area contributed by atoms with Gasteiger partial charge in [-0.3, -0.25) is 0 Å². The van der Waals surface area contributed by atoms with Crippen LogP contribution in [0, 0.1) is 0 Å². The second-order valence-electron chi connectivity index (χ2n) is 14.2. The molecule has 5 heteroatoms. The predicted octanol–water partition coefficient (Wildman–Crippen LogP) is 14.4. The Bertz CT molecular complexity index is 3290. The molecule has 0 saturated carbocycles. The molecule has 0 amide bonds. The molecule has 0 unspecified atom stereocenters. The topological polar surface area (TPSA) is 37.2 Å². The monoisotopic (exact) mass is 705 g/mol. The zero-order chi connectivity index (χ0) is 36.0. The standard InChI is InChI=1S/C50H31N3O2/c1-5-14-34(15-6-1)51(35-16-7-2-8-17-35)38-25-24-32-29-43-44(30-33(32)28-38)54-50-47(43)42-23-13-22-41-46-40-27-26-39(31-45(40)55-49(46)53(50)48(41)42)52(36-18-9-3-10-19-36)37-20-11-4-12-21-37/h1-31H. The van der Waals surface area contributed by atoms with Gasteiger partial charge in [0.05, 0.1) is 16.3 Å². The van der Waals surface area contributed by atoms with E-state index in [1.54, 1.807) is 0 Å². The number of hydrogen-bond acceptors (Lipinski definition) is 4. The number of aromatic nitrogens is 1. The van der Waals surface area contributed by atoms with E-state index in [2.05, 4.69) is 190 Å². The number of rotatable bonds is 6. The van der Waals surface area contributed by atoms with E-state index >= 15 is 0 Å². The third-order valence-electron chi connectivity index (χ3n) is 11.0.